The van der Waals surface area contributed by atoms with Crippen LogP contribution in [0.5, 0.6) is 0 Å². The van der Waals surface area contributed by atoms with Crippen LogP contribution < -0.4 is 10.6 Å². The van der Waals surface area contributed by atoms with Gasteiger partial charge in [-0.15, -0.1) is 0 Å². The lowest BCUT2D eigenvalue weighted by molar-refractivity contribution is 0.767. The van der Waals surface area contributed by atoms with Crippen LogP contribution in [-0.4, -0.2) is 6.54 Å². The molecule has 0 spiro atoms. The minimum Gasteiger partial charge on any atom is -0.397 e. The first-order chi connectivity index (χ1) is 12.3. The number of nitrogens with zero attached hydrogens (tertiary/aromatic N) is 2. The molecule has 25 heavy (non-hydrogen) atoms. The van der Waals surface area contributed by atoms with Crippen molar-refractivity contribution in [3.63, 3.8) is 0 Å². The van der Waals surface area contributed by atoms with Crippen molar-refractivity contribution in [1.29, 1.82) is 5.26 Å². The highest BCUT2D eigenvalue weighted by Gasteiger charge is 2.19. The molecule has 0 aromatic heterocycles. The minimum atomic E-state index is 0.665. The molecule has 0 saturated heterocycles. The van der Waals surface area contributed by atoms with E-state index in [2.05, 4.69) is 47.4 Å². The first-order valence-electron chi connectivity index (χ1n) is 8.52. The van der Waals surface area contributed by atoms with Crippen molar-refractivity contribution in [2.45, 2.75) is 12.8 Å². The zero-order valence-corrected chi connectivity index (χ0v) is 13.9. The first kappa shape index (κ1) is 15.3. The average Bonchev–Trinajstić information content (AvgIpc) is 2.67. The smallest absolute Gasteiger partial charge is 0.0998 e. The number of hydrogen-bond acceptors (Lipinski definition) is 3. The van der Waals surface area contributed by atoms with Crippen molar-refractivity contribution < 1.29 is 0 Å². The van der Waals surface area contributed by atoms with E-state index in [9.17, 15) is 5.26 Å². The maximum Gasteiger partial charge on any atom is 0.0998 e. The van der Waals surface area contributed by atoms with Gasteiger partial charge in [-0.1, -0.05) is 42.5 Å². The Morgan fingerprint density at radius 2 is 1.72 bits per heavy atom. The lowest BCUT2D eigenvalue weighted by Crippen LogP contribution is -2.25. The molecule has 4 rings (SSSR count). The zero-order valence-electron chi connectivity index (χ0n) is 13.9. The molecule has 2 N–H and O–H groups in total. The van der Waals surface area contributed by atoms with E-state index in [0.29, 0.717) is 5.56 Å². The van der Waals surface area contributed by atoms with Crippen LogP contribution in [-0.2, 0) is 6.42 Å². The van der Waals surface area contributed by atoms with Gasteiger partial charge < -0.3 is 10.6 Å². The first-order valence-corrected chi connectivity index (χ1v) is 8.52. The van der Waals surface area contributed by atoms with Crippen LogP contribution in [0.4, 0.5) is 17.1 Å². The van der Waals surface area contributed by atoms with Crippen molar-refractivity contribution in [1.82, 2.24) is 0 Å². The summed E-state index contributed by atoms with van der Waals surface area (Å²) in [5.74, 6) is 0. The van der Waals surface area contributed by atoms with E-state index < -0.39 is 0 Å². The molecule has 0 amide bonds. The summed E-state index contributed by atoms with van der Waals surface area (Å²) in [6.07, 6.45) is 2.23. The second-order valence-corrected chi connectivity index (χ2v) is 6.31. The summed E-state index contributed by atoms with van der Waals surface area (Å²) in [6.45, 7) is 0.968. The summed E-state index contributed by atoms with van der Waals surface area (Å²) in [7, 11) is 0. The summed E-state index contributed by atoms with van der Waals surface area (Å²) in [5.41, 5.74) is 13.4. The van der Waals surface area contributed by atoms with Gasteiger partial charge in [0.25, 0.3) is 0 Å². The zero-order chi connectivity index (χ0) is 17.2. The van der Waals surface area contributed by atoms with E-state index in [0.717, 1.165) is 41.9 Å². The van der Waals surface area contributed by atoms with Crippen molar-refractivity contribution in [2.24, 2.45) is 0 Å². The van der Waals surface area contributed by atoms with Gasteiger partial charge in [-0.3, -0.25) is 0 Å². The van der Waals surface area contributed by atoms with Crippen LogP contribution in [0.1, 0.15) is 17.5 Å². The average molecular weight is 325 g/mol. The topological polar surface area (TPSA) is 53.0 Å². The van der Waals surface area contributed by atoms with Gasteiger partial charge >= 0.3 is 0 Å². The van der Waals surface area contributed by atoms with E-state index in [1.54, 1.807) is 0 Å². The Hall–Kier alpha value is -3.25. The third-order valence-corrected chi connectivity index (χ3v) is 4.79. The van der Waals surface area contributed by atoms with Gasteiger partial charge in [-0.2, -0.15) is 5.26 Å². The van der Waals surface area contributed by atoms with Gasteiger partial charge in [0.05, 0.1) is 23.0 Å². The number of anilines is 3. The minimum absolute atomic E-state index is 0.665. The maximum atomic E-state index is 9.33. The molecule has 3 aromatic carbocycles. The van der Waals surface area contributed by atoms with Crippen molar-refractivity contribution in [2.75, 3.05) is 17.2 Å². The molecule has 0 aliphatic carbocycles. The third kappa shape index (κ3) is 2.72. The number of para-hydroxylation sites is 1. The number of aryl methyl sites for hydroxylation is 1. The third-order valence-electron chi connectivity index (χ3n) is 4.79. The Morgan fingerprint density at radius 1 is 0.920 bits per heavy atom. The number of nitriles is 1. The van der Waals surface area contributed by atoms with Crippen LogP contribution in [0.2, 0.25) is 0 Å². The van der Waals surface area contributed by atoms with E-state index >= 15 is 0 Å². The number of nitrogens with two attached hydrogens (primary N) is 1. The van der Waals surface area contributed by atoms with Crippen molar-refractivity contribution >= 4 is 17.1 Å². The summed E-state index contributed by atoms with van der Waals surface area (Å²) in [5, 5.41) is 9.33. The SMILES string of the molecule is N#Cc1ccccc1-c1ccc(N2CCCc3ccccc32)c(N)c1. The molecule has 3 heteroatoms. The molecule has 0 radical (unpaired) electrons. The van der Waals surface area contributed by atoms with Crippen LogP contribution in [0, 0.1) is 11.3 Å². The van der Waals surface area contributed by atoms with E-state index in [-0.39, 0.29) is 0 Å². The van der Waals surface area contributed by atoms with Crippen LogP contribution >= 0.6 is 0 Å². The predicted octanol–water partition coefficient (Wildman–Crippen LogP) is 4.89. The molecule has 3 nitrogen and oxygen atoms in total. The molecule has 0 saturated carbocycles. The van der Waals surface area contributed by atoms with E-state index in [1.165, 1.54) is 11.3 Å². The van der Waals surface area contributed by atoms with E-state index in [4.69, 9.17) is 5.73 Å². The molecular formula is C22H19N3. The molecule has 0 unspecified atom stereocenters. The Bertz CT molecular complexity index is 969. The summed E-state index contributed by atoms with van der Waals surface area (Å²) >= 11 is 0. The number of rotatable bonds is 2. The number of benzene rings is 3. The fourth-order valence-corrected chi connectivity index (χ4v) is 3.58. The van der Waals surface area contributed by atoms with E-state index in [1.807, 2.05) is 30.3 Å². The lowest BCUT2D eigenvalue weighted by Gasteiger charge is -2.32. The summed E-state index contributed by atoms with van der Waals surface area (Å²) in [6, 6.07) is 24.5. The molecule has 0 bridgehead atoms. The highest BCUT2D eigenvalue weighted by atomic mass is 15.1. The number of hydrogen-bond donors (Lipinski definition) is 1. The van der Waals surface area contributed by atoms with Gasteiger partial charge in [0.15, 0.2) is 0 Å². The largest absolute Gasteiger partial charge is 0.397 e. The maximum absolute atomic E-state index is 9.33. The molecule has 1 heterocycles. The Balaban J connectivity index is 1.76. The van der Waals surface area contributed by atoms with Gasteiger partial charge in [0, 0.05) is 12.2 Å². The molecule has 1 aliphatic heterocycles. The van der Waals surface area contributed by atoms with Gasteiger partial charge in [-0.25, -0.2) is 0 Å². The van der Waals surface area contributed by atoms with Crippen LogP contribution in [0.15, 0.2) is 66.7 Å². The highest BCUT2D eigenvalue weighted by molar-refractivity contribution is 5.82. The second kappa shape index (κ2) is 6.33. The standard InChI is InChI=1S/C22H19N3/c23-15-18-7-1-3-9-19(18)17-11-12-22(20(24)14-17)25-13-5-8-16-6-2-4-10-21(16)25/h1-4,6-7,9-12,14H,5,8,13,24H2. The fourth-order valence-electron chi connectivity index (χ4n) is 3.58. The lowest BCUT2D eigenvalue weighted by atomic mass is 9.97. The summed E-state index contributed by atoms with van der Waals surface area (Å²) < 4.78 is 0. The molecule has 122 valence electrons. The Kier molecular flexibility index (Phi) is 3.87. The fraction of sp³-hybridized carbons (Fsp3) is 0.136. The van der Waals surface area contributed by atoms with Gasteiger partial charge in [0.1, 0.15) is 0 Å². The monoisotopic (exact) mass is 325 g/mol. The Morgan fingerprint density at radius 3 is 2.56 bits per heavy atom. The Labute approximate surface area is 147 Å². The molecular weight excluding hydrogens is 306 g/mol. The molecule has 3 aromatic rings. The van der Waals surface area contributed by atoms with Crippen LogP contribution in [0.3, 0.4) is 0 Å². The highest BCUT2D eigenvalue weighted by Crippen LogP contribution is 2.38. The molecule has 1 aliphatic rings. The normalized spacial score (nSPS) is 13.2. The second-order valence-electron chi connectivity index (χ2n) is 6.31. The quantitative estimate of drug-likeness (QED) is 0.682. The van der Waals surface area contributed by atoms with Gasteiger partial charge in [-0.05, 0) is 53.8 Å². The predicted molar refractivity (Wildman–Crippen MR) is 103 cm³/mol. The van der Waals surface area contributed by atoms with Gasteiger partial charge in [0.2, 0.25) is 0 Å². The number of nitrogen functional groups attached to an aromatic ring is 1. The van der Waals surface area contributed by atoms with Crippen molar-refractivity contribution in [3.05, 3.63) is 77.9 Å². The van der Waals surface area contributed by atoms with Crippen LogP contribution in [0.25, 0.3) is 11.1 Å². The molecule has 0 fully saturated rings. The summed E-state index contributed by atoms with van der Waals surface area (Å²) in [4.78, 5) is 2.30. The van der Waals surface area contributed by atoms with Crippen molar-refractivity contribution in [3.8, 4) is 17.2 Å². The molecule has 0 atom stereocenters. The number of fused-ring (bicyclic) bond motifs is 1.